The van der Waals surface area contributed by atoms with E-state index in [1.165, 1.54) is 45.3 Å². The molecule has 12 heavy (non-hydrogen) atoms. The minimum Gasteiger partial charge on any atom is -0.312 e. The average Bonchev–Trinajstić information content (AvgIpc) is 2.85. The molecule has 3 aliphatic rings. The smallest absolute Gasteiger partial charge is 0.0235 e. The van der Waals surface area contributed by atoms with Crippen LogP contribution >= 0.6 is 0 Å². The largest absolute Gasteiger partial charge is 0.312 e. The lowest BCUT2D eigenvalue weighted by Crippen LogP contribution is -2.40. The van der Waals surface area contributed by atoms with E-state index in [1.807, 2.05) is 0 Å². The summed E-state index contributed by atoms with van der Waals surface area (Å²) in [5, 5.41) is 3.65. The molecule has 1 saturated carbocycles. The Morgan fingerprint density at radius 2 is 2.00 bits per heavy atom. The molecular weight excluding hydrogens is 148 g/mol. The van der Waals surface area contributed by atoms with Gasteiger partial charge in [-0.2, -0.15) is 0 Å². The summed E-state index contributed by atoms with van der Waals surface area (Å²) in [5.74, 6) is 0.986. The van der Waals surface area contributed by atoms with E-state index in [2.05, 4.69) is 10.2 Å². The van der Waals surface area contributed by atoms with Crippen molar-refractivity contribution in [3.63, 3.8) is 0 Å². The fourth-order valence-electron chi connectivity index (χ4n) is 2.82. The number of hydrogen-bond acceptors (Lipinski definition) is 2. The van der Waals surface area contributed by atoms with Crippen LogP contribution in [0, 0.1) is 5.92 Å². The van der Waals surface area contributed by atoms with Crippen molar-refractivity contribution in [1.82, 2.24) is 10.2 Å². The molecule has 2 heteroatoms. The Bertz CT molecular complexity index is 163. The molecule has 2 atom stereocenters. The summed E-state index contributed by atoms with van der Waals surface area (Å²) in [6, 6.07) is 1.83. The third-order valence-electron chi connectivity index (χ3n) is 3.69. The zero-order valence-corrected chi connectivity index (χ0v) is 7.63. The Morgan fingerprint density at radius 1 is 1.08 bits per heavy atom. The molecular formula is C10H18N2. The topological polar surface area (TPSA) is 15.3 Å². The van der Waals surface area contributed by atoms with E-state index < -0.39 is 0 Å². The van der Waals surface area contributed by atoms with Gasteiger partial charge < -0.3 is 5.32 Å². The first-order valence-electron chi connectivity index (χ1n) is 5.41. The molecule has 68 valence electrons. The molecule has 0 amide bonds. The Hall–Kier alpha value is -0.0800. The molecule has 1 aliphatic carbocycles. The lowest BCUT2D eigenvalue weighted by atomic mass is 9.94. The molecule has 0 spiro atoms. The van der Waals surface area contributed by atoms with E-state index in [1.54, 1.807) is 0 Å². The van der Waals surface area contributed by atoms with E-state index in [4.69, 9.17) is 0 Å². The summed E-state index contributed by atoms with van der Waals surface area (Å²) in [7, 11) is 0. The van der Waals surface area contributed by atoms with E-state index in [0.717, 1.165) is 18.0 Å². The molecule has 0 bridgehead atoms. The van der Waals surface area contributed by atoms with E-state index in [-0.39, 0.29) is 0 Å². The first kappa shape index (κ1) is 7.34. The van der Waals surface area contributed by atoms with Crippen molar-refractivity contribution in [3.8, 4) is 0 Å². The van der Waals surface area contributed by atoms with Gasteiger partial charge in [0.2, 0.25) is 0 Å². The van der Waals surface area contributed by atoms with Gasteiger partial charge >= 0.3 is 0 Å². The third-order valence-corrected chi connectivity index (χ3v) is 3.69. The van der Waals surface area contributed by atoms with Crippen molar-refractivity contribution in [3.05, 3.63) is 0 Å². The lowest BCUT2D eigenvalue weighted by Gasteiger charge is -2.24. The van der Waals surface area contributed by atoms with Crippen LogP contribution in [0.1, 0.15) is 25.7 Å². The van der Waals surface area contributed by atoms with Crippen LogP contribution in [0.3, 0.4) is 0 Å². The van der Waals surface area contributed by atoms with Gasteiger partial charge in [-0.1, -0.05) is 0 Å². The zero-order chi connectivity index (χ0) is 7.97. The number of likely N-dealkylation sites (tertiary alicyclic amines) is 1. The Morgan fingerprint density at radius 3 is 2.75 bits per heavy atom. The highest BCUT2D eigenvalue weighted by Gasteiger charge is 2.40. The normalized spacial score (nSPS) is 43.0. The Balaban J connectivity index is 1.65. The molecule has 0 aromatic carbocycles. The summed E-state index contributed by atoms with van der Waals surface area (Å²) in [5.41, 5.74) is 0. The second-order valence-electron chi connectivity index (χ2n) is 4.65. The standard InChI is InChI=1S/C10H18N2/c1-2-8-6-12(9-3-4-9)7-10(8)11-5-1/h8-11H,1-7H2. The Labute approximate surface area is 74.3 Å². The molecule has 3 fully saturated rings. The van der Waals surface area contributed by atoms with Crippen molar-refractivity contribution < 1.29 is 0 Å². The van der Waals surface area contributed by atoms with Gasteiger partial charge in [0.25, 0.3) is 0 Å². The predicted molar refractivity (Wildman–Crippen MR) is 49.1 cm³/mol. The molecule has 0 aromatic heterocycles. The zero-order valence-electron chi connectivity index (χ0n) is 7.63. The van der Waals surface area contributed by atoms with Crippen LogP contribution in [-0.4, -0.2) is 36.6 Å². The van der Waals surface area contributed by atoms with Crippen LogP contribution in [-0.2, 0) is 0 Å². The second kappa shape index (κ2) is 2.71. The maximum Gasteiger partial charge on any atom is 0.0235 e. The molecule has 2 aliphatic heterocycles. The van der Waals surface area contributed by atoms with Crippen molar-refractivity contribution in [1.29, 1.82) is 0 Å². The van der Waals surface area contributed by atoms with Gasteiger partial charge in [-0.3, -0.25) is 4.90 Å². The van der Waals surface area contributed by atoms with E-state index in [0.29, 0.717) is 0 Å². The van der Waals surface area contributed by atoms with Crippen LogP contribution in [0.5, 0.6) is 0 Å². The molecule has 1 N–H and O–H groups in total. The fraction of sp³-hybridized carbons (Fsp3) is 1.00. The quantitative estimate of drug-likeness (QED) is 0.621. The lowest BCUT2D eigenvalue weighted by molar-refractivity contribution is 0.310. The maximum absolute atomic E-state index is 3.65. The molecule has 2 nitrogen and oxygen atoms in total. The molecule has 2 unspecified atom stereocenters. The van der Waals surface area contributed by atoms with Gasteiger partial charge in [0.15, 0.2) is 0 Å². The number of hydrogen-bond donors (Lipinski definition) is 1. The summed E-state index contributed by atoms with van der Waals surface area (Å²) < 4.78 is 0. The molecule has 0 aromatic rings. The highest BCUT2D eigenvalue weighted by atomic mass is 15.2. The van der Waals surface area contributed by atoms with Crippen LogP contribution in [0.4, 0.5) is 0 Å². The molecule has 3 rings (SSSR count). The van der Waals surface area contributed by atoms with Gasteiger partial charge in [0.05, 0.1) is 0 Å². The van der Waals surface area contributed by atoms with Crippen LogP contribution < -0.4 is 5.32 Å². The number of piperidine rings is 1. The minimum atomic E-state index is 0.847. The highest BCUT2D eigenvalue weighted by Crippen LogP contribution is 2.34. The number of nitrogens with one attached hydrogen (secondary N) is 1. The monoisotopic (exact) mass is 166 g/mol. The van der Waals surface area contributed by atoms with Crippen LogP contribution in [0.25, 0.3) is 0 Å². The SMILES string of the molecule is C1CNC2CN(C3CC3)CC2C1. The van der Waals surface area contributed by atoms with E-state index >= 15 is 0 Å². The first-order chi connectivity index (χ1) is 5.93. The van der Waals surface area contributed by atoms with Crippen LogP contribution in [0.15, 0.2) is 0 Å². The number of rotatable bonds is 1. The summed E-state index contributed by atoms with van der Waals surface area (Å²) in [6.07, 6.45) is 5.82. The average molecular weight is 166 g/mol. The summed E-state index contributed by atoms with van der Waals surface area (Å²) in [4.78, 5) is 2.72. The predicted octanol–water partition coefficient (Wildman–Crippen LogP) is 0.833. The van der Waals surface area contributed by atoms with Gasteiger partial charge in [-0.15, -0.1) is 0 Å². The Kier molecular flexibility index (Phi) is 1.66. The number of fused-ring (bicyclic) bond motifs is 1. The molecule has 2 saturated heterocycles. The highest BCUT2D eigenvalue weighted by molar-refractivity contribution is 4.97. The second-order valence-corrected chi connectivity index (χ2v) is 4.65. The minimum absolute atomic E-state index is 0.847. The molecule has 2 heterocycles. The third kappa shape index (κ3) is 1.17. The maximum atomic E-state index is 3.65. The van der Waals surface area contributed by atoms with Gasteiger partial charge in [0.1, 0.15) is 0 Å². The first-order valence-corrected chi connectivity index (χ1v) is 5.41. The number of nitrogens with zero attached hydrogens (tertiary/aromatic N) is 1. The van der Waals surface area contributed by atoms with E-state index in [9.17, 15) is 0 Å². The summed E-state index contributed by atoms with van der Waals surface area (Å²) >= 11 is 0. The summed E-state index contributed by atoms with van der Waals surface area (Å²) in [6.45, 7) is 4.00. The molecule has 0 radical (unpaired) electrons. The fourth-order valence-corrected chi connectivity index (χ4v) is 2.82. The van der Waals surface area contributed by atoms with Crippen molar-refractivity contribution >= 4 is 0 Å². The van der Waals surface area contributed by atoms with Crippen molar-refractivity contribution in [2.24, 2.45) is 5.92 Å². The van der Waals surface area contributed by atoms with Crippen molar-refractivity contribution in [2.45, 2.75) is 37.8 Å². The van der Waals surface area contributed by atoms with Gasteiger partial charge in [0, 0.05) is 25.2 Å². The van der Waals surface area contributed by atoms with Gasteiger partial charge in [-0.25, -0.2) is 0 Å². The van der Waals surface area contributed by atoms with Crippen molar-refractivity contribution in [2.75, 3.05) is 19.6 Å². The van der Waals surface area contributed by atoms with Gasteiger partial charge in [-0.05, 0) is 38.1 Å². The van der Waals surface area contributed by atoms with Crippen LogP contribution in [0.2, 0.25) is 0 Å².